The lowest BCUT2D eigenvalue weighted by atomic mass is 9.67. The minimum atomic E-state index is -0.529. The molecule has 0 unspecified atom stereocenters. The molecule has 0 fully saturated rings. The van der Waals surface area contributed by atoms with Gasteiger partial charge in [-0.3, -0.25) is 0 Å². The molecule has 8 aromatic carbocycles. The van der Waals surface area contributed by atoms with Crippen LogP contribution >= 0.6 is 11.3 Å². The van der Waals surface area contributed by atoms with Gasteiger partial charge < -0.3 is 0 Å². The van der Waals surface area contributed by atoms with Gasteiger partial charge in [-0.25, -0.2) is 15.0 Å². The number of hydrogen-bond donors (Lipinski definition) is 0. The van der Waals surface area contributed by atoms with Crippen LogP contribution in [0, 0.1) is 0 Å². The van der Waals surface area contributed by atoms with E-state index in [-0.39, 0.29) is 0 Å². The number of thiophene rings is 1. The fourth-order valence-electron chi connectivity index (χ4n) is 8.78. The Labute approximate surface area is 341 Å². The summed E-state index contributed by atoms with van der Waals surface area (Å²) in [6.07, 6.45) is 0. The van der Waals surface area contributed by atoms with Crippen molar-refractivity contribution in [2.75, 3.05) is 0 Å². The van der Waals surface area contributed by atoms with Gasteiger partial charge in [0.2, 0.25) is 0 Å². The highest BCUT2D eigenvalue weighted by Gasteiger charge is 2.47. The molecule has 2 heterocycles. The summed E-state index contributed by atoms with van der Waals surface area (Å²) in [5.74, 6) is 1.91. The van der Waals surface area contributed by atoms with E-state index in [0.717, 1.165) is 27.8 Å². The third kappa shape index (κ3) is 5.61. The highest BCUT2D eigenvalue weighted by molar-refractivity contribution is 7.22. The zero-order valence-electron chi connectivity index (χ0n) is 31.5. The molecule has 0 bridgehead atoms. The molecule has 10 aromatic rings. The van der Waals surface area contributed by atoms with Crippen molar-refractivity contribution in [2.45, 2.75) is 5.41 Å². The molecule has 0 amide bonds. The summed E-state index contributed by atoms with van der Waals surface area (Å²) in [5, 5.41) is 1.26. The largest absolute Gasteiger partial charge is 0.208 e. The quantitative estimate of drug-likeness (QED) is 0.162. The molecule has 3 nitrogen and oxygen atoms in total. The third-order valence-corrected chi connectivity index (χ3v) is 12.6. The molecule has 11 rings (SSSR count). The van der Waals surface area contributed by atoms with Crippen LogP contribution in [0.25, 0.3) is 76.9 Å². The fraction of sp³-hybridized carbons (Fsp3) is 0.0185. The average Bonchev–Trinajstić information content (AvgIpc) is 3.88. The van der Waals surface area contributed by atoms with Crippen molar-refractivity contribution in [1.29, 1.82) is 0 Å². The molecule has 0 atom stereocenters. The number of rotatable bonds is 7. The first-order valence-corrected chi connectivity index (χ1v) is 20.4. The standard InChI is InChI=1S/C54H35N3S/c1-4-15-36(16-5-1)37-27-31-39(32-28-37)51-55-52(40-33-29-38(30-34-40)49-35-41-17-10-13-26-48(41)58-49)57-53(56-51)45-23-14-25-47-50(45)44-22-11-12-24-46(44)54(47,42-18-6-2-7-19-42)43-20-8-3-9-21-43/h1-35H. The summed E-state index contributed by atoms with van der Waals surface area (Å²) in [5.41, 5.74) is 13.0. The molecular formula is C54H35N3S. The lowest BCUT2D eigenvalue weighted by molar-refractivity contribution is 0.768. The van der Waals surface area contributed by atoms with Gasteiger partial charge in [0.1, 0.15) is 0 Å². The van der Waals surface area contributed by atoms with Crippen LogP contribution in [-0.4, -0.2) is 15.0 Å². The lowest BCUT2D eigenvalue weighted by Crippen LogP contribution is -2.28. The number of nitrogens with zero attached hydrogens (tertiary/aromatic N) is 3. The van der Waals surface area contributed by atoms with Crippen molar-refractivity contribution in [3.8, 4) is 66.9 Å². The van der Waals surface area contributed by atoms with Crippen LogP contribution in [0.3, 0.4) is 0 Å². The SMILES string of the molecule is c1ccc(-c2ccc(-c3nc(-c4ccc(-c5cc6ccccc6s5)cc4)nc(-c4cccc5c4-c4ccccc4C5(c4ccccc4)c4ccccc4)n3)cc2)cc1. The second-order valence-corrected chi connectivity index (χ2v) is 15.8. The molecule has 0 saturated heterocycles. The second-order valence-electron chi connectivity index (χ2n) is 14.7. The van der Waals surface area contributed by atoms with Crippen LogP contribution < -0.4 is 0 Å². The summed E-state index contributed by atoms with van der Waals surface area (Å²) < 4.78 is 1.28. The molecule has 1 aliphatic rings. The lowest BCUT2D eigenvalue weighted by Gasteiger charge is -2.33. The van der Waals surface area contributed by atoms with Crippen molar-refractivity contribution >= 4 is 21.4 Å². The van der Waals surface area contributed by atoms with Crippen LogP contribution in [0.5, 0.6) is 0 Å². The Morgan fingerprint density at radius 1 is 0.345 bits per heavy atom. The van der Waals surface area contributed by atoms with E-state index in [1.165, 1.54) is 53.9 Å². The number of hydrogen-bond acceptors (Lipinski definition) is 4. The molecule has 272 valence electrons. The Balaban J connectivity index is 1.11. The van der Waals surface area contributed by atoms with Crippen LogP contribution in [0.4, 0.5) is 0 Å². The molecule has 0 spiro atoms. The highest BCUT2D eigenvalue weighted by atomic mass is 32.1. The van der Waals surface area contributed by atoms with Gasteiger partial charge in [0.15, 0.2) is 17.5 Å². The molecule has 0 N–H and O–H groups in total. The van der Waals surface area contributed by atoms with E-state index in [2.05, 4.69) is 206 Å². The summed E-state index contributed by atoms with van der Waals surface area (Å²) in [6, 6.07) is 75.7. The minimum absolute atomic E-state index is 0.529. The summed E-state index contributed by atoms with van der Waals surface area (Å²) in [6.45, 7) is 0. The molecule has 4 heteroatoms. The van der Waals surface area contributed by atoms with Gasteiger partial charge >= 0.3 is 0 Å². The van der Waals surface area contributed by atoms with Gasteiger partial charge in [0.25, 0.3) is 0 Å². The maximum atomic E-state index is 5.33. The van der Waals surface area contributed by atoms with Crippen LogP contribution in [0.15, 0.2) is 212 Å². The molecule has 0 aliphatic heterocycles. The van der Waals surface area contributed by atoms with E-state index in [0.29, 0.717) is 17.5 Å². The van der Waals surface area contributed by atoms with Crippen LogP contribution in [-0.2, 0) is 5.41 Å². The van der Waals surface area contributed by atoms with E-state index < -0.39 is 5.41 Å². The Morgan fingerprint density at radius 3 is 1.48 bits per heavy atom. The van der Waals surface area contributed by atoms with Gasteiger partial charge in [0.05, 0.1) is 5.41 Å². The smallest absolute Gasteiger partial charge is 0.164 e. The van der Waals surface area contributed by atoms with Crippen LogP contribution in [0.2, 0.25) is 0 Å². The van der Waals surface area contributed by atoms with Gasteiger partial charge in [-0.05, 0) is 67.6 Å². The Hall–Kier alpha value is -7.27. The average molecular weight is 758 g/mol. The van der Waals surface area contributed by atoms with Crippen molar-refractivity contribution in [2.24, 2.45) is 0 Å². The molecule has 58 heavy (non-hydrogen) atoms. The monoisotopic (exact) mass is 757 g/mol. The predicted molar refractivity (Wildman–Crippen MR) is 240 cm³/mol. The number of aromatic nitrogens is 3. The number of benzene rings is 8. The van der Waals surface area contributed by atoms with E-state index in [1.54, 1.807) is 0 Å². The Bertz CT molecular complexity index is 3010. The number of fused-ring (bicyclic) bond motifs is 4. The maximum absolute atomic E-state index is 5.33. The normalized spacial score (nSPS) is 12.6. The van der Waals surface area contributed by atoms with Crippen molar-refractivity contribution in [3.05, 3.63) is 235 Å². The zero-order valence-corrected chi connectivity index (χ0v) is 32.3. The second kappa shape index (κ2) is 14.0. The fourth-order valence-corrected chi connectivity index (χ4v) is 9.85. The third-order valence-electron chi connectivity index (χ3n) is 11.5. The molecule has 0 radical (unpaired) electrons. The van der Waals surface area contributed by atoms with Gasteiger partial charge in [0, 0.05) is 26.3 Å². The summed E-state index contributed by atoms with van der Waals surface area (Å²) >= 11 is 1.81. The van der Waals surface area contributed by atoms with E-state index >= 15 is 0 Å². The highest BCUT2D eigenvalue weighted by Crippen LogP contribution is 2.58. The molecule has 0 saturated carbocycles. The topological polar surface area (TPSA) is 38.7 Å². The van der Waals surface area contributed by atoms with Gasteiger partial charge in [-0.2, -0.15) is 0 Å². The van der Waals surface area contributed by atoms with Crippen LogP contribution in [0.1, 0.15) is 22.3 Å². The van der Waals surface area contributed by atoms with E-state index in [1.807, 2.05) is 17.4 Å². The predicted octanol–water partition coefficient (Wildman–Crippen LogP) is 13.8. The van der Waals surface area contributed by atoms with E-state index in [9.17, 15) is 0 Å². The molecule has 2 aromatic heterocycles. The first-order chi connectivity index (χ1) is 28.7. The van der Waals surface area contributed by atoms with E-state index in [4.69, 9.17) is 15.0 Å². The summed E-state index contributed by atoms with van der Waals surface area (Å²) in [4.78, 5) is 17.1. The van der Waals surface area contributed by atoms with Crippen molar-refractivity contribution in [1.82, 2.24) is 15.0 Å². The first kappa shape index (κ1) is 34.0. The van der Waals surface area contributed by atoms with Crippen molar-refractivity contribution in [3.63, 3.8) is 0 Å². The Morgan fingerprint density at radius 2 is 0.828 bits per heavy atom. The van der Waals surface area contributed by atoms with Gasteiger partial charge in [-0.15, -0.1) is 11.3 Å². The first-order valence-electron chi connectivity index (χ1n) is 19.6. The maximum Gasteiger partial charge on any atom is 0.164 e. The minimum Gasteiger partial charge on any atom is -0.208 e. The molecule has 1 aliphatic carbocycles. The summed E-state index contributed by atoms with van der Waals surface area (Å²) in [7, 11) is 0. The Kier molecular flexibility index (Phi) is 8.23. The van der Waals surface area contributed by atoms with Crippen molar-refractivity contribution < 1.29 is 0 Å². The molecular weight excluding hydrogens is 723 g/mol. The zero-order chi connectivity index (χ0) is 38.5. The van der Waals surface area contributed by atoms with Gasteiger partial charge in [-0.1, -0.05) is 200 Å².